The molecule has 0 radical (unpaired) electrons. The molecule has 0 fully saturated rings. The van der Waals surface area contributed by atoms with E-state index in [0.29, 0.717) is 5.95 Å². The maximum atomic E-state index is 5.36. The van der Waals surface area contributed by atoms with Gasteiger partial charge in [-0.05, 0) is 41.8 Å². The van der Waals surface area contributed by atoms with Gasteiger partial charge in [-0.15, -0.1) is 0 Å². The molecule has 0 aliphatic carbocycles. The third-order valence-corrected chi connectivity index (χ3v) is 9.30. The van der Waals surface area contributed by atoms with Crippen LogP contribution in [0.15, 0.2) is 158 Å². The summed E-state index contributed by atoms with van der Waals surface area (Å²) in [6.45, 7) is 0. The molecule has 0 spiro atoms. The van der Waals surface area contributed by atoms with Crippen molar-refractivity contribution in [3.63, 3.8) is 0 Å². The number of fused-ring (bicyclic) bond motifs is 10. The first-order valence-electron chi connectivity index (χ1n) is 15.6. The van der Waals surface area contributed by atoms with Crippen LogP contribution in [0.3, 0.4) is 0 Å². The van der Waals surface area contributed by atoms with E-state index in [1.807, 2.05) is 6.07 Å². The van der Waals surface area contributed by atoms with E-state index >= 15 is 0 Å². The number of aromatic nitrogens is 4. The van der Waals surface area contributed by atoms with Crippen molar-refractivity contribution in [1.29, 1.82) is 0 Å². The average molecular weight is 587 g/mol. The van der Waals surface area contributed by atoms with Crippen molar-refractivity contribution < 1.29 is 0 Å². The van der Waals surface area contributed by atoms with Crippen LogP contribution in [0.1, 0.15) is 0 Å². The first-order valence-corrected chi connectivity index (χ1v) is 15.6. The van der Waals surface area contributed by atoms with Crippen LogP contribution in [0, 0.1) is 0 Å². The average Bonchev–Trinajstić information content (AvgIpc) is 3.65. The van der Waals surface area contributed by atoms with Crippen molar-refractivity contribution in [3.05, 3.63) is 158 Å². The van der Waals surface area contributed by atoms with Gasteiger partial charge < -0.3 is 4.57 Å². The van der Waals surface area contributed by atoms with Gasteiger partial charge in [0.1, 0.15) is 0 Å². The maximum Gasteiger partial charge on any atom is 0.235 e. The summed E-state index contributed by atoms with van der Waals surface area (Å²) in [5.41, 5.74) is 8.63. The second-order valence-corrected chi connectivity index (χ2v) is 11.8. The number of para-hydroxylation sites is 3. The largest absolute Gasteiger partial charge is 0.309 e. The second-order valence-electron chi connectivity index (χ2n) is 11.8. The fourth-order valence-electron chi connectivity index (χ4n) is 7.37. The van der Waals surface area contributed by atoms with Crippen LogP contribution < -0.4 is 0 Å². The number of hydrogen-bond donors (Lipinski definition) is 0. The fourth-order valence-corrected chi connectivity index (χ4v) is 7.37. The van der Waals surface area contributed by atoms with Crippen molar-refractivity contribution in [2.75, 3.05) is 0 Å². The molecule has 10 rings (SSSR count). The van der Waals surface area contributed by atoms with Crippen LogP contribution in [0.4, 0.5) is 0 Å². The summed E-state index contributed by atoms with van der Waals surface area (Å²) in [6, 6.07) is 55.8. The van der Waals surface area contributed by atoms with E-state index in [2.05, 4.69) is 161 Å². The predicted molar refractivity (Wildman–Crippen MR) is 191 cm³/mol. The van der Waals surface area contributed by atoms with Crippen molar-refractivity contribution in [2.24, 2.45) is 0 Å². The summed E-state index contributed by atoms with van der Waals surface area (Å²) in [6.07, 6.45) is 0. The molecule has 0 N–H and O–H groups in total. The van der Waals surface area contributed by atoms with Crippen molar-refractivity contribution in [1.82, 2.24) is 19.1 Å². The number of hydrogen-bond acceptors (Lipinski definition) is 2. The molecule has 3 heterocycles. The lowest BCUT2D eigenvalue weighted by atomic mass is 10.0. The Kier molecular flexibility index (Phi) is 5.25. The molecular weight excluding hydrogens is 560 g/mol. The lowest BCUT2D eigenvalue weighted by Gasteiger charge is -2.12. The maximum absolute atomic E-state index is 5.36. The topological polar surface area (TPSA) is 35.6 Å². The minimum absolute atomic E-state index is 0.667. The van der Waals surface area contributed by atoms with E-state index in [-0.39, 0.29) is 0 Å². The fraction of sp³-hybridized carbons (Fsp3) is 0. The Balaban J connectivity index is 1.42. The van der Waals surface area contributed by atoms with E-state index in [4.69, 9.17) is 9.97 Å². The van der Waals surface area contributed by atoms with Gasteiger partial charge in [-0.2, -0.15) is 0 Å². The Hall–Kier alpha value is -6.26. The van der Waals surface area contributed by atoms with Crippen LogP contribution in [0.2, 0.25) is 0 Å². The zero-order chi connectivity index (χ0) is 30.2. The molecule has 0 bridgehead atoms. The zero-order valence-electron chi connectivity index (χ0n) is 24.8. The SMILES string of the molecule is c1ccc(-c2nc(-n3c4ccc5c(c6ccccc6n5-c5ccccc5)c4c4ccc5ccccc5c43)nc3ccccc23)cc1. The van der Waals surface area contributed by atoms with Crippen molar-refractivity contribution >= 4 is 65.3 Å². The smallest absolute Gasteiger partial charge is 0.235 e. The van der Waals surface area contributed by atoms with Gasteiger partial charge in [-0.25, -0.2) is 9.97 Å². The molecule has 0 atom stereocenters. The Labute approximate surface area is 264 Å². The summed E-state index contributed by atoms with van der Waals surface area (Å²) in [5.74, 6) is 0.667. The van der Waals surface area contributed by atoms with Gasteiger partial charge >= 0.3 is 0 Å². The highest BCUT2D eigenvalue weighted by molar-refractivity contribution is 6.31. The molecule has 3 aromatic heterocycles. The highest BCUT2D eigenvalue weighted by atomic mass is 15.2. The standard InChI is InChI=1S/C42H26N4/c1-3-14-28(15-4-1)40-31-19-9-11-21-34(31)43-42(44-40)46-37-26-25-36-38(39(37)33-24-23-27-13-7-8-18-30(27)41(33)46)32-20-10-12-22-35(32)45(36)29-16-5-2-6-17-29/h1-26H. The van der Waals surface area contributed by atoms with E-state index in [1.165, 1.54) is 43.4 Å². The molecule has 0 amide bonds. The number of benzene rings is 7. The monoisotopic (exact) mass is 586 g/mol. The molecule has 0 aliphatic rings. The van der Waals surface area contributed by atoms with E-state index < -0.39 is 0 Å². The van der Waals surface area contributed by atoms with Gasteiger partial charge in [-0.3, -0.25) is 4.57 Å². The van der Waals surface area contributed by atoms with E-state index in [0.717, 1.165) is 38.9 Å². The van der Waals surface area contributed by atoms with Gasteiger partial charge in [-0.1, -0.05) is 121 Å². The normalized spacial score (nSPS) is 11.9. The van der Waals surface area contributed by atoms with Crippen LogP contribution in [0.5, 0.6) is 0 Å². The molecule has 0 saturated heterocycles. The van der Waals surface area contributed by atoms with Gasteiger partial charge in [0, 0.05) is 43.6 Å². The molecule has 4 nitrogen and oxygen atoms in total. The van der Waals surface area contributed by atoms with E-state index in [1.54, 1.807) is 0 Å². The molecular formula is C42H26N4. The molecule has 0 unspecified atom stereocenters. The highest BCUT2D eigenvalue weighted by Crippen LogP contribution is 2.44. The minimum atomic E-state index is 0.667. The summed E-state index contributed by atoms with van der Waals surface area (Å²) >= 11 is 0. The third kappa shape index (κ3) is 3.49. The van der Waals surface area contributed by atoms with Crippen LogP contribution in [0.25, 0.3) is 88.2 Å². The van der Waals surface area contributed by atoms with Crippen LogP contribution in [-0.4, -0.2) is 19.1 Å². The molecule has 214 valence electrons. The van der Waals surface area contributed by atoms with Crippen LogP contribution in [-0.2, 0) is 0 Å². The first kappa shape index (κ1) is 25.1. The molecule has 10 aromatic rings. The van der Waals surface area contributed by atoms with Crippen molar-refractivity contribution in [2.45, 2.75) is 0 Å². The number of nitrogens with zero attached hydrogens (tertiary/aromatic N) is 4. The molecule has 46 heavy (non-hydrogen) atoms. The Morgan fingerprint density at radius 2 is 1.02 bits per heavy atom. The second kappa shape index (κ2) is 9.62. The number of rotatable bonds is 3. The summed E-state index contributed by atoms with van der Waals surface area (Å²) < 4.78 is 4.67. The van der Waals surface area contributed by atoms with Gasteiger partial charge in [0.15, 0.2) is 0 Å². The Bertz CT molecular complexity index is 2790. The third-order valence-electron chi connectivity index (χ3n) is 9.30. The quantitative estimate of drug-likeness (QED) is 0.206. The lowest BCUT2D eigenvalue weighted by Crippen LogP contribution is -2.03. The van der Waals surface area contributed by atoms with Crippen LogP contribution >= 0.6 is 0 Å². The lowest BCUT2D eigenvalue weighted by molar-refractivity contribution is 1.02. The van der Waals surface area contributed by atoms with Gasteiger partial charge in [0.05, 0.1) is 33.3 Å². The highest BCUT2D eigenvalue weighted by Gasteiger charge is 2.23. The molecule has 0 saturated carbocycles. The summed E-state index contributed by atoms with van der Waals surface area (Å²) in [4.78, 5) is 10.6. The Morgan fingerprint density at radius 1 is 0.391 bits per heavy atom. The summed E-state index contributed by atoms with van der Waals surface area (Å²) in [5, 5.41) is 8.26. The predicted octanol–water partition coefficient (Wildman–Crippen LogP) is 10.6. The molecule has 0 aliphatic heterocycles. The van der Waals surface area contributed by atoms with Crippen molar-refractivity contribution in [3.8, 4) is 22.9 Å². The van der Waals surface area contributed by atoms with Gasteiger partial charge in [0.2, 0.25) is 5.95 Å². The summed E-state index contributed by atoms with van der Waals surface area (Å²) in [7, 11) is 0. The Morgan fingerprint density at radius 3 is 1.85 bits per heavy atom. The molecule has 7 aromatic carbocycles. The van der Waals surface area contributed by atoms with Gasteiger partial charge in [0.25, 0.3) is 0 Å². The first-order chi connectivity index (χ1) is 22.8. The minimum Gasteiger partial charge on any atom is -0.309 e. The zero-order valence-corrected chi connectivity index (χ0v) is 24.8. The molecule has 4 heteroatoms. The van der Waals surface area contributed by atoms with E-state index in [9.17, 15) is 0 Å².